The SMILES string of the molecule is Oc1cccc(C23CCN(Cc4ccccc4)CC2(O)Cc2c([nH]c4ccc(Br)cc24)C3)c1. The van der Waals surface area contributed by atoms with Gasteiger partial charge in [-0.2, -0.15) is 0 Å². The first-order valence-corrected chi connectivity index (χ1v) is 12.3. The fraction of sp³-hybridized carbons (Fsp3) is 0.286. The zero-order valence-corrected chi connectivity index (χ0v) is 20.0. The van der Waals surface area contributed by atoms with Crippen LogP contribution in [-0.2, 0) is 24.8 Å². The fourth-order valence-corrected chi connectivity index (χ4v) is 6.54. The Balaban J connectivity index is 1.46. The first kappa shape index (κ1) is 21.0. The summed E-state index contributed by atoms with van der Waals surface area (Å²) in [5.41, 5.74) is 4.41. The molecule has 0 saturated carbocycles. The van der Waals surface area contributed by atoms with Crippen molar-refractivity contribution in [3.8, 4) is 5.75 Å². The molecular formula is C28H27BrN2O2. The third kappa shape index (κ3) is 3.41. The van der Waals surface area contributed by atoms with E-state index in [1.807, 2.05) is 18.2 Å². The number of H-pyrrole nitrogens is 1. The van der Waals surface area contributed by atoms with Crippen LogP contribution in [0.1, 0.15) is 28.8 Å². The molecule has 2 heterocycles. The number of piperidine rings is 1. The molecule has 2 atom stereocenters. The average molecular weight is 503 g/mol. The summed E-state index contributed by atoms with van der Waals surface area (Å²) in [6, 6.07) is 24.3. The van der Waals surface area contributed by atoms with Gasteiger partial charge in [-0.25, -0.2) is 0 Å². The van der Waals surface area contributed by atoms with Crippen LogP contribution in [0.15, 0.2) is 77.3 Å². The highest BCUT2D eigenvalue weighted by Gasteiger charge is 2.57. The molecule has 2 unspecified atom stereocenters. The van der Waals surface area contributed by atoms with Crippen molar-refractivity contribution in [3.05, 3.63) is 99.7 Å². The third-order valence-electron chi connectivity index (χ3n) is 7.78. The van der Waals surface area contributed by atoms with Gasteiger partial charge in [0.25, 0.3) is 0 Å². The monoisotopic (exact) mass is 502 g/mol. The maximum atomic E-state index is 12.5. The summed E-state index contributed by atoms with van der Waals surface area (Å²) in [7, 11) is 0. The number of fused-ring (bicyclic) bond motifs is 4. The highest BCUT2D eigenvalue weighted by Crippen LogP contribution is 2.52. The van der Waals surface area contributed by atoms with Crippen molar-refractivity contribution >= 4 is 26.8 Å². The molecule has 2 aliphatic rings. The number of hydrogen-bond donors (Lipinski definition) is 3. The minimum Gasteiger partial charge on any atom is -0.508 e. The molecule has 0 spiro atoms. The number of aromatic hydroxyl groups is 1. The Bertz CT molecular complexity index is 1330. The van der Waals surface area contributed by atoms with Gasteiger partial charge in [-0.1, -0.05) is 58.4 Å². The molecule has 3 N–H and O–H groups in total. The van der Waals surface area contributed by atoms with Gasteiger partial charge in [-0.15, -0.1) is 0 Å². The minimum atomic E-state index is -0.946. The number of halogens is 1. The van der Waals surface area contributed by atoms with Crippen LogP contribution in [0, 0.1) is 0 Å². The lowest BCUT2D eigenvalue weighted by molar-refractivity contribution is -0.105. The molecule has 3 aromatic carbocycles. The fourth-order valence-electron chi connectivity index (χ4n) is 6.18. The van der Waals surface area contributed by atoms with Crippen LogP contribution in [0.2, 0.25) is 0 Å². The number of phenolic OH excluding ortho intramolecular Hbond substituents is 1. The molecule has 1 aromatic heterocycles. The van der Waals surface area contributed by atoms with E-state index in [9.17, 15) is 10.2 Å². The Morgan fingerprint density at radius 2 is 1.82 bits per heavy atom. The second-order valence-corrected chi connectivity index (χ2v) is 10.7. The Morgan fingerprint density at radius 3 is 2.64 bits per heavy atom. The number of nitrogens with zero attached hydrogens (tertiary/aromatic N) is 1. The van der Waals surface area contributed by atoms with E-state index in [2.05, 4.69) is 74.3 Å². The maximum Gasteiger partial charge on any atom is 0.115 e. The van der Waals surface area contributed by atoms with Crippen molar-refractivity contribution in [1.82, 2.24) is 9.88 Å². The Kier molecular flexibility index (Phi) is 4.91. The molecule has 5 heteroatoms. The van der Waals surface area contributed by atoms with Crippen molar-refractivity contribution in [2.45, 2.75) is 36.8 Å². The molecule has 0 radical (unpaired) electrons. The zero-order valence-electron chi connectivity index (χ0n) is 18.4. The lowest BCUT2D eigenvalue weighted by Crippen LogP contribution is -2.66. The van der Waals surface area contributed by atoms with Crippen LogP contribution in [0.5, 0.6) is 5.75 Å². The molecule has 0 amide bonds. The molecular weight excluding hydrogens is 476 g/mol. The van der Waals surface area contributed by atoms with Gasteiger partial charge in [0.15, 0.2) is 0 Å². The Hall–Kier alpha value is -2.60. The molecule has 4 nitrogen and oxygen atoms in total. The van der Waals surface area contributed by atoms with Gasteiger partial charge >= 0.3 is 0 Å². The summed E-state index contributed by atoms with van der Waals surface area (Å²) in [6.45, 7) is 2.32. The molecule has 1 aliphatic heterocycles. The average Bonchev–Trinajstić information content (AvgIpc) is 3.13. The molecule has 1 saturated heterocycles. The minimum absolute atomic E-state index is 0.252. The molecule has 1 aliphatic carbocycles. The number of aliphatic hydroxyl groups is 1. The van der Waals surface area contributed by atoms with Crippen molar-refractivity contribution in [1.29, 1.82) is 0 Å². The van der Waals surface area contributed by atoms with E-state index in [-0.39, 0.29) is 5.75 Å². The Labute approximate surface area is 202 Å². The van der Waals surface area contributed by atoms with Crippen molar-refractivity contribution in [2.75, 3.05) is 13.1 Å². The second kappa shape index (κ2) is 7.73. The number of β-amino-alcohol motifs (C(OH)–C–C–N with tert-alkyl or cyclic N) is 1. The quantitative estimate of drug-likeness (QED) is 0.355. The number of nitrogens with one attached hydrogen (secondary N) is 1. The van der Waals surface area contributed by atoms with E-state index in [4.69, 9.17) is 0 Å². The number of aromatic nitrogens is 1. The van der Waals surface area contributed by atoms with E-state index >= 15 is 0 Å². The molecule has 168 valence electrons. The number of benzene rings is 3. The molecule has 1 fully saturated rings. The molecule has 4 aromatic rings. The lowest BCUT2D eigenvalue weighted by Gasteiger charge is -2.56. The highest BCUT2D eigenvalue weighted by molar-refractivity contribution is 9.10. The standard InChI is InChI=1S/C28H27BrN2O2/c29-21-9-10-25-23(14-21)24-15-28(33)18-31(17-19-5-2-1-3-6-19)12-11-27(28,16-26(24)30-25)20-7-4-8-22(32)13-20/h1-10,13-14,30,32-33H,11-12,15-18H2. The van der Waals surface area contributed by atoms with Gasteiger partial charge in [0, 0.05) is 52.4 Å². The summed E-state index contributed by atoms with van der Waals surface area (Å²) < 4.78 is 1.04. The van der Waals surface area contributed by atoms with E-state index < -0.39 is 11.0 Å². The summed E-state index contributed by atoms with van der Waals surface area (Å²) in [4.78, 5) is 6.03. The van der Waals surface area contributed by atoms with Gasteiger partial charge in [-0.3, -0.25) is 4.90 Å². The number of phenols is 1. The zero-order chi connectivity index (χ0) is 22.6. The van der Waals surface area contributed by atoms with Gasteiger partial charge in [0.1, 0.15) is 5.75 Å². The first-order chi connectivity index (χ1) is 16.0. The third-order valence-corrected chi connectivity index (χ3v) is 8.28. The number of aromatic amines is 1. The van der Waals surface area contributed by atoms with Crippen LogP contribution < -0.4 is 0 Å². The topological polar surface area (TPSA) is 59.5 Å². The normalized spacial score (nSPS) is 25.0. The van der Waals surface area contributed by atoms with Crippen LogP contribution >= 0.6 is 15.9 Å². The van der Waals surface area contributed by atoms with Gasteiger partial charge in [0.05, 0.1) is 5.60 Å². The van der Waals surface area contributed by atoms with Crippen molar-refractivity contribution in [2.24, 2.45) is 0 Å². The summed E-state index contributed by atoms with van der Waals surface area (Å²) in [6.07, 6.45) is 2.14. The lowest BCUT2D eigenvalue weighted by atomic mass is 9.56. The largest absolute Gasteiger partial charge is 0.508 e. The predicted octanol–water partition coefficient (Wildman–Crippen LogP) is 5.31. The predicted molar refractivity (Wildman–Crippen MR) is 134 cm³/mol. The van der Waals surface area contributed by atoms with Crippen molar-refractivity contribution in [3.63, 3.8) is 0 Å². The molecule has 33 heavy (non-hydrogen) atoms. The molecule has 6 rings (SSSR count). The van der Waals surface area contributed by atoms with Crippen LogP contribution in [0.3, 0.4) is 0 Å². The van der Waals surface area contributed by atoms with Gasteiger partial charge in [-0.05, 0) is 60.0 Å². The van der Waals surface area contributed by atoms with E-state index in [1.165, 1.54) is 22.2 Å². The van der Waals surface area contributed by atoms with E-state index in [0.717, 1.165) is 41.5 Å². The van der Waals surface area contributed by atoms with Crippen LogP contribution in [-0.4, -0.2) is 38.8 Å². The summed E-state index contributed by atoms with van der Waals surface area (Å²) in [5.74, 6) is 0.252. The molecule has 0 bridgehead atoms. The number of hydrogen-bond acceptors (Lipinski definition) is 3. The smallest absolute Gasteiger partial charge is 0.115 e. The first-order valence-electron chi connectivity index (χ1n) is 11.5. The second-order valence-electron chi connectivity index (χ2n) is 9.74. The maximum absolute atomic E-state index is 12.5. The van der Waals surface area contributed by atoms with Crippen molar-refractivity contribution < 1.29 is 10.2 Å². The van der Waals surface area contributed by atoms with E-state index in [1.54, 1.807) is 6.07 Å². The van der Waals surface area contributed by atoms with Gasteiger partial charge < -0.3 is 15.2 Å². The van der Waals surface area contributed by atoms with Crippen LogP contribution in [0.4, 0.5) is 0 Å². The summed E-state index contributed by atoms with van der Waals surface area (Å²) in [5, 5.41) is 24.0. The van der Waals surface area contributed by atoms with Crippen LogP contribution in [0.25, 0.3) is 10.9 Å². The number of rotatable bonds is 3. The van der Waals surface area contributed by atoms with Gasteiger partial charge in [0.2, 0.25) is 0 Å². The Morgan fingerprint density at radius 1 is 0.970 bits per heavy atom. The van der Waals surface area contributed by atoms with E-state index in [0.29, 0.717) is 13.0 Å². The number of likely N-dealkylation sites (tertiary alicyclic amines) is 1. The summed E-state index contributed by atoms with van der Waals surface area (Å²) >= 11 is 3.62. The highest BCUT2D eigenvalue weighted by atomic mass is 79.9.